The Morgan fingerprint density at radius 3 is 2.42 bits per heavy atom. The number of piperidine rings is 1. The first-order valence-corrected chi connectivity index (χ1v) is 4.49. The highest BCUT2D eigenvalue weighted by atomic mass is 15.2. The van der Waals surface area contributed by atoms with E-state index in [1.165, 1.54) is 12.8 Å². The molecule has 3 nitrogen and oxygen atoms in total. The minimum absolute atomic E-state index is 0.597. The van der Waals surface area contributed by atoms with E-state index in [1.54, 1.807) is 0 Å². The van der Waals surface area contributed by atoms with Crippen LogP contribution in [0.15, 0.2) is 0 Å². The maximum absolute atomic E-state index is 8.49. The third kappa shape index (κ3) is 2.47. The van der Waals surface area contributed by atoms with Crippen LogP contribution in [0.3, 0.4) is 0 Å². The molecule has 1 fully saturated rings. The minimum Gasteiger partial charge on any atom is -0.306 e. The lowest BCUT2D eigenvalue weighted by atomic mass is 10.0. The first-order valence-electron chi connectivity index (χ1n) is 4.49. The van der Waals surface area contributed by atoms with Gasteiger partial charge in [-0.3, -0.25) is 4.90 Å². The van der Waals surface area contributed by atoms with Crippen LogP contribution in [-0.4, -0.2) is 49.6 Å². The van der Waals surface area contributed by atoms with Gasteiger partial charge >= 0.3 is 0 Å². The van der Waals surface area contributed by atoms with E-state index in [4.69, 9.17) is 5.26 Å². The van der Waals surface area contributed by atoms with Gasteiger partial charge in [-0.25, -0.2) is 0 Å². The number of hydrogen-bond acceptors (Lipinski definition) is 3. The monoisotopic (exact) mass is 167 g/mol. The van der Waals surface area contributed by atoms with Crippen molar-refractivity contribution in [2.45, 2.75) is 18.9 Å². The zero-order valence-corrected chi connectivity index (χ0v) is 7.95. The molecule has 1 aliphatic heterocycles. The van der Waals surface area contributed by atoms with Crippen LogP contribution in [-0.2, 0) is 0 Å². The summed E-state index contributed by atoms with van der Waals surface area (Å²) in [5, 5.41) is 8.49. The van der Waals surface area contributed by atoms with E-state index in [0.717, 1.165) is 19.1 Å². The molecule has 68 valence electrons. The summed E-state index contributed by atoms with van der Waals surface area (Å²) in [6, 6.07) is 2.92. The fraction of sp³-hybridized carbons (Fsp3) is 0.889. The Bertz CT molecular complexity index is 163. The van der Waals surface area contributed by atoms with E-state index < -0.39 is 0 Å². The minimum atomic E-state index is 0.597. The Morgan fingerprint density at radius 2 is 2.00 bits per heavy atom. The molecule has 0 saturated carbocycles. The van der Waals surface area contributed by atoms with Crippen molar-refractivity contribution >= 4 is 0 Å². The lowest BCUT2D eigenvalue weighted by molar-refractivity contribution is 0.156. The Morgan fingerprint density at radius 1 is 1.42 bits per heavy atom. The van der Waals surface area contributed by atoms with Gasteiger partial charge in [0.25, 0.3) is 0 Å². The van der Waals surface area contributed by atoms with Crippen LogP contribution < -0.4 is 0 Å². The van der Waals surface area contributed by atoms with Crippen molar-refractivity contribution in [3.63, 3.8) is 0 Å². The van der Waals surface area contributed by atoms with Crippen molar-refractivity contribution < 1.29 is 0 Å². The molecule has 1 rings (SSSR count). The van der Waals surface area contributed by atoms with Crippen molar-refractivity contribution in [3.05, 3.63) is 0 Å². The standard InChI is InChI=1S/C9H17N3/c1-11(2)9-3-6-12(7-4-9)8-5-10/h9H,3-4,6-8H2,1-2H3. The molecule has 0 aromatic heterocycles. The smallest absolute Gasteiger partial charge is 0.0866 e. The van der Waals surface area contributed by atoms with E-state index in [1.807, 2.05) is 0 Å². The molecular formula is C9H17N3. The summed E-state index contributed by atoms with van der Waals surface area (Å²) in [6.45, 7) is 2.76. The van der Waals surface area contributed by atoms with Crippen molar-refractivity contribution in [3.8, 4) is 6.07 Å². The molecule has 0 aromatic carbocycles. The lowest BCUT2D eigenvalue weighted by Gasteiger charge is -2.33. The molecule has 0 N–H and O–H groups in total. The Labute approximate surface area is 74.6 Å². The Balaban J connectivity index is 2.26. The maximum Gasteiger partial charge on any atom is 0.0866 e. The number of nitrogens with zero attached hydrogens (tertiary/aromatic N) is 3. The molecule has 3 heteroatoms. The number of rotatable bonds is 2. The second-order valence-corrected chi connectivity index (χ2v) is 3.63. The summed E-state index contributed by atoms with van der Waals surface area (Å²) in [5.74, 6) is 0. The Kier molecular flexibility index (Phi) is 3.51. The molecule has 0 bridgehead atoms. The van der Waals surface area contributed by atoms with Crippen LogP contribution in [0, 0.1) is 11.3 Å². The lowest BCUT2D eigenvalue weighted by Crippen LogP contribution is -2.41. The van der Waals surface area contributed by atoms with Gasteiger partial charge in [-0.1, -0.05) is 0 Å². The number of hydrogen-bond donors (Lipinski definition) is 0. The zero-order valence-electron chi connectivity index (χ0n) is 7.95. The van der Waals surface area contributed by atoms with Gasteiger partial charge in [0.05, 0.1) is 12.6 Å². The van der Waals surface area contributed by atoms with Crippen molar-refractivity contribution in [2.75, 3.05) is 33.7 Å². The summed E-state index contributed by atoms with van der Waals surface area (Å²) in [5.41, 5.74) is 0. The first kappa shape index (κ1) is 9.50. The molecule has 1 saturated heterocycles. The highest BCUT2D eigenvalue weighted by molar-refractivity contribution is 4.82. The van der Waals surface area contributed by atoms with E-state index in [9.17, 15) is 0 Å². The van der Waals surface area contributed by atoms with Crippen molar-refractivity contribution in [1.82, 2.24) is 9.80 Å². The molecule has 0 aromatic rings. The molecule has 0 unspecified atom stereocenters. The number of likely N-dealkylation sites (tertiary alicyclic amines) is 1. The van der Waals surface area contributed by atoms with Gasteiger partial charge in [-0.05, 0) is 26.9 Å². The average Bonchev–Trinajstić information content (AvgIpc) is 2.06. The fourth-order valence-electron chi connectivity index (χ4n) is 1.69. The quantitative estimate of drug-likeness (QED) is 0.562. The van der Waals surface area contributed by atoms with Crippen LogP contribution in [0.25, 0.3) is 0 Å². The van der Waals surface area contributed by atoms with Gasteiger partial charge in [0, 0.05) is 19.1 Å². The highest BCUT2D eigenvalue weighted by Gasteiger charge is 2.19. The van der Waals surface area contributed by atoms with Crippen LogP contribution in [0.4, 0.5) is 0 Å². The van der Waals surface area contributed by atoms with Gasteiger partial charge in [0.2, 0.25) is 0 Å². The molecule has 0 radical (unpaired) electrons. The maximum atomic E-state index is 8.49. The third-order valence-electron chi connectivity index (χ3n) is 2.58. The zero-order chi connectivity index (χ0) is 8.97. The largest absolute Gasteiger partial charge is 0.306 e. The second-order valence-electron chi connectivity index (χ2n) is 3.63. The van der Waals surface area contributed by atoms with Crippen molar-refractivity contribution in [2.24, 2.45) is 0 Å². The van der Waals surface area contributed by atoms with Gasteiger partial charge in [0.15, 0.2) is 0 Å². The topological polar surface area (TPSA) is 30.3 Å². The molecule has 1 aliphatic rings. The third-order valence-corrected chi connectivity index (χ3v) is 2.58. The summed E-state index contributed by atoms with van der Waals surface area (Å²) >= 11 is 0. The van der Waals surface area contributed by atoms with Gasteiger partial charge < -0.3 is 4.90 Å². The van der Waals surface area contributed by atoms with Crippen LogP contribution in [0.5, 0.6) is 0 Å². The average molecular weight is 167 g/mol. The molecular weight excluding hydrogens is 150 g/mol. The second kappa shape index (κ2) is 4.44. The van der Waals surface area contributed by atoms with Gasteiger partial charge in [0.1, 0.15) is 0 Å². The molecule has 0 aliphatic carbocycles. The molecule has 12 heavy (non-hydrogen) atoms. The van der Waals surface area contributed by atoms with Crippen molar-refractivity contribution in [1.29, 1.82) is 5.26 Å². The normalized spacial score (nSPS) is 21.2. The summed E-state index contributed by atoms with van der Waals surface area (Å²) in [7, 11) is 4.26. The van der Waals surface area contributed by atoms with Crippen LogP contribution in [0.1, 0.15) is 12.8 Å². The van der Waals surface area contributed by atoms with Gasteiger partial charge in [-0.15, -0.1) is 0 Å². The summed E-state index contributed by atoms with van der Waals surface area (Å²) in [4.78, 5) is 4.50. The predicted octanol–water partition coefficient (Wildman–Crippen LogP) is 0.536. The fourth-order valence-corrected chi connectivity index (χ4v) is 1.69. The molecule has 1 heterocycles. The van der Waals surface area contributed by atoms with E-state index >= 15 is 0 Å². The number of nitriles is 1. The molecule has 0 spiro atoms. The molecule has 0 amide bonds. The van der Waals surface area contributed by atoms with Crippen LogP contribution >= 0.6 is 0 Å². The SMILES string of the molecule is CN(C)C1CCN(CC#N)CC1. The van der Waals surface area contributed by atoms with Crippen LogP contribution in [0.2, 0.25) is 0 Å². The van der Waals surface area contributed by atoms with E-state index in [-0.39, 0.29) is 0 Å². The predicted molar refractivity (Wildman–Crippen MR) is 48.8 cm³/mol. The van der Waals surface area contributed by atoms with Gasteiger partial charge in [-0.2, -0.15) is 5.26 Å². The summed E-state index contributed by atoms with van der Waals surface area (Å²) < 4.78 is 0. The van der Waals surface area contributed by atoms with E-state index in [0.29, 0.717) is 6.54 Å². The Hall–Kier alpha value is -0.590. The highest BCUT2D eigenvalue weighted by Crippen LogP contribution is 2.13. The molecule has 0 atom stereocenters. The summed E-state index contributed by atoms with van der Waals surface area (Å²) in [6.07, 6.45) is 2.41. The van der Waals surface area contributed by atoms with E-state index in [2.05, 4.69) is 30.0 Å². The first-order chi connectivity index (χ1) is 5.74.